The number of hydrogen-bond donors (Lipinski definition) is 2. The third-order valence-electron chi connectivity index (χ3n) is 3.70. The first-order valence-electron chi connectivity index (χ1n) is 7.74. The van der Waals surface area contributed by atoms with Gasteiger partial charge < -0.3 is 10.4 Å². The van der Waals surface area contributed by atoms with E-state index < -0.39 is 0 Å². The van der Waals surface area contributed by atoms with E-state index >= 15 is 0 Å². The molecule has 0 spiro atoms. The Hall–Kier alpha value is -1.65. The molecule has 0 saturated heterocycles. The molecule has 2 N–H and O–H groups in total. The average molecular weight is 287 g/mol. The fourth-order valence-electron chi connectivity index (χ4n) is 2.55. The fourth-order valence-corrected chi connectivity index (χ4v) is 2.55. The second kappa shape index (κ2) is 8.60. The Kier molecular flexibility index (Phi) is 6.44. The Balaban J connectivity index is 1.80. The Morgan fingerprint density at radius 2 is 2.05 bits per heavy atom. The van der Waals surface area contributed by atoms with Crippen molar-refractivity contribution >= 4 is 0 Å². The summed E-state index contributed by atoms with van der Waals surface area (Å²) in [7, 11) is 0. The minimum Gasteiger partial charge on any atom is -0.396 e. The van der Waals surface area contributed by atoms with Crippen LogP contribution in [0.25, 0.3) is 5.69 Å². The average Bonchev–Trinajstić information content (AvgIpc) is 3.03. The number of nitrogens with one attached hydrogen (secondary N) is 1. The van der Waals surface area contributed by atoms with Crippen LogP contribution in [0.2, 0.25) is 0 Å². The van der Waals surface area contributed by atoms with Gasteiger partial charge in [-0.05, 0) is 49.1 Å². The van der Waals surface area contributed by atoms with Crippen molar-refractivity contribution in [2.24, 2.45) is 5.92 Å². The van der Waals surface area contributed by atoms with Gasteiger partial charge in [-0.25, -0.2) is 4.68 Å². The van der Waals surface area contributed by atoms with Crippen molar-refractivity contribution < 1.29 is 5.11 Å². The van der Waals surface area contributed by atoms with Gasteiger partial charge in [-0.15, -0.1) is 0 Å². The molecule has 2 rings (SSSR count). The molecule has 0 radical (unpaired) electrons. The lowest BCUT2D eigenvalue weighted by atomic mass is 10.0. The molecule has 1 unspecified atom stereocenters. The van der Waals surface area contributed by atoms with Crippen molar-refractivity contribution in [3.8, 4) is 5.69 Å². The highest BCUT2D eigenvalue weighted by Crippen LogP contribution is 2.11. The molecule has 0 bridgehead atoms. The number of aromatic nitrogens is 2. The van der Waals surface area contributed by atoms with Crippen LogP contribution < -0.4 is 5.32 Å². The summed E-state index contributed by atoms with van der Waals surface area (Å²) in [5.74, 6) is 0.573. The standard InChI is InChI=1S/C17H25N3O/c1-2-4-15(9-12-21)13-18-14-16-5-7-17(8-6-16)20-11-3-10-19-20/h3,5-8,10-11,15,18,21H,2,4,9,12-14H2,1H3. The first kappa shape index (κ1) is 15.7. The van der Waals surface area contributed by atoms with E-state index in [9.17, 15) is 0 Å². The summed E-state index contributed by atoms with van der Waals surface area (Å²) in [6.45, 7) is 4.31. The van der Waals surface area contributed by atoms with Crippen molar-refractivity contribution in [1.29, 1.82) is 0 Å². The SMILES string of the molecule is CCCC(CCO)CNCc1ccc(-n2cccn2)cc1. The number of aliphatic hydroxyl groups is 1. The van der Waals surface area contributed by atoms with Crippen molar-refractivity contribution in [3.63, 3.8) is 0 Å². The minimum atomic E-state index is 0.283. The zero-order chi connectivity index (χ0) is 14.9. The third-order valence-corrected chi connectivity index (χ3v) is 3.70. The van der Waals surface area contributed by atoms with Crippen molar-refractivity contribution in [1.82, 2.24) is 15.1 Å². The van der Waals surface area contributed by atoms with E-state index in [1.165, 1.54) is 18.4 Å². The van der Waals surface area contributed by atoms with E-state index in [1.807, 2.05) is 16.9 Å². The molecule has 1 heterocycles. The summed E-state index contributed by atoms with van der Waals surface area (Å²) in [4.78, 5) is 0. The van der Waals surface area contributed by atoms with Crippen LogP contribution in [0.5, 0.6) is 0 Å². The lowest BCUT2D eigenvalue weighted by Crippen LogP contribution is -2.23. The van der Waals surface area contributed by atoms with Crippen molar-refractivity contribution in [2.45, 2.75) is 32.7 Å². The van der Waals surface area contributed by atoms with Gasteiger partial charge in [0.05, 0.1) is 5.69 Å². The maximum Gasteiger partial charge on any atom is 0.0645 e. The summed E-state index contributed by atoms with van der Waals surface area (Å²) >= 11 is 0. The summed E-state index contributed by atoms with van der Waals surface area (Å²) in [5, 5.41) is 16.8. The Morgan fingerprint density at radius 1 is 1.24 bits per heavy atom. The lowest BCUT2D eigenvalue weighted by molar-refractivity contribution is 0.248. The summed E-state index contributed by atoms with van der Waals surface area (Å²) in [6.07, 6.45) is 6.96. The molecule has 1 atom stereocenters. The molecule has 1 aromatic carbocycles. The predicted octanol–water partition coefficient (Wildman–Crippen LogP) is 2.76. The van der Waals surface area contributed by atoms with Gasteiger partial charge in [-0.3, -0.25) is 0 Å². The highest BCUT2D eigenvalue weighted by atomic mass is 16.3. The number of hydrogen-bond acceptors (Lipinski definition) is 3. The molecular formula is C17H25N3O. The third kappa shape index (κ3) is 4.99. The van der Waals surface area contributed by atoms with Crippen LogP contribution in [-0.4, -0.2) is 28.0 Å². The first-order valence-corrected chi connectivity index (χ1v) is 7.74. The molecule has 0 aliphatic carbocycles. The number of rotatable bonds is 9. The minimum absolute atomic E-state index is 0.283. The molecule has 4 heteroatoms. The zero-order valence-corrected chi connectivity index (χ0v) is 12.7. The molecule has 0 aliphatic rings. The van der Waals surface area contributed by atoms with Gasteiger partial charge in [0.15, 0.2) is 0 Å². The van der Waals surface area contributed by atoms with E-state index in [2.05, 4.69) is 41.6 Å². The molecule has 0 amide bonds. The Labute approximate surface area is 126 Å². The maximum absolute atomic E-state index is 9.06. The molecule has 4 nitrogen and oxygen atoms in total. The van der Waals surface area contributed by atoms with Gasteiger partial charge in [0.1, 0.15) is 0 Å². The molecular weight excluding hydrogens is 262 g/mol. The maximum atomic E-state index is 9.06. The van der Waals surface area contributed by atoms with Crippen LogP contribution in [0.3, 0.4) is 0 Å². The van der Waals surface area contributed by atoms with Crippen LogP contribution in [0.15, 0.2) is 42.7 Å². The van der Waals surface area contributed by atoms with Gasteiger partial charge in [0, 0.05) is 25.5 Å². The lowest BCUT2D eigenvalue weighted by Gasteiger charge is -2.15. The summed E-state index contributed by atoms with van der Waals surface area (Å²) < 4.78 is 1.86. The van der Waals surface area contributed by atoms with Crippen molar-refractivity contribution in [2.75, 3.05) is 13.2 Å². The van der Waals surface area contributed by atoms with Gasteiger partial charge >= 0.3 is 0 Å². The first-order chi connectivity index (χ1) is 10.3. The van der Waals surface area contributed by atoms with E-state index in [-0.39, 0.29) is 6.61 Å². The molecule has 1 aromatic heterocycles. The topological polar surface area (TPSA) is 50.1 Å². The second-order valence-electron chi connectivity index (χ2n) is 5.41. The van der Waals surface area contributed by atoms with E-state index in [0.717, 1.165) is 25.2 Å². The van der Waals surface area contributed by atoms with Crippen LogP contribution >= 0.6 is 0 Å². The van der Waals surface area contributed by atoms with Gasteiger partial charge in [-0.1, -0.05) is 25.5 Å². The highest BCUT2D eigenvalue weighted by molar-refractivity contribution is 5.33. The number of aliphatic hydroxyl groups excluding tert-OH is 1. The second-order valence-corrected chi connectivity index (χ2v) is 5.41. The van der Waals surface area contributed by atoms with E-state index in [1.54, 1.807) is 6.20 Å². The van der Waals surface area contributed by atoms with Crippen molar-refractivity contribution in [3.05, 3.63) is 48.3 Å². The zero-order valence-electron chi connectivity index (χ0n) is 12.7. The van der Waals surface area contributed by atoms with Crippen LogP contribution in [0.1, 0.15) is 31.7 Å². The Bertz CT molecular complexity index is 487. The quantitative estimate of drug-likeness (QED) is 0.745. The van der Waals surface area contributed by atoms with Gasteiger partial charge in [0.2, 0.25) is 0 Å². The van der Waals surface area contributed by atoms with E-state index in [0.29, 0.717) is 5.92 Å². The summed E-state index contributed by atoms with van der Waals surface area (Å²) in [6, 6.07) is 10.3. The largest absolute Gasteiger partial charge is 0.396 e. The van der Waals surface area contributed by atoms with Crippen LogP contribution in [0.4, 0.5) is 0 Å². The molecule has 0 fully saturated rings. The number of benzene rings is 1. The van der Waals surface area contributed by atoms with Gasteiger partial charge in [0.25, 0.3) is 0 Å². The highest BCUT2D eigenvalue weighted by Gasteiger charge is 2.06. The molecule has 0 saturated carbocycles. The molecule has 0 aliphatic heterocycles. The van der Waals surface area contributed by atoms with Gasteiger partial charge in [-0.2, -0.15) is 5.10 Å². The summed E-state index contributed by atoms with van der Waals surface area (Å²) in [5.41, 5.74) is 2.35. The smallest absolute Gasteiger partial charge is 0.0645 e. The molecule has 21 heavy (non-hydrogen) atoms. The molecule has 2 aromatic rings. The van der Waals surface area contributed by atoms with Crippen LogP contribution in [0, 0.1) is 5.92 Å². The fraction of sp³-hybridized carbons (Fsp3) is 0.471. The predicted molar refractivity (Wildman–Crippen MR) is 85.4 cm³/mol. The normalized spacial score (nSPS) is 12.5. The molecule has 114 valence electrons. The Morgan fingerprint density at radius 3 is 2.67 bits per heavy atom. The van der Waals surface area contributed by atoms with Crippen LogP contribution in [-0.2, 0) is 6.54 Å². The monoisotopic (exact) mass is 287 g/mol. The number of nitrogens with zero attached hydrogens (tertiary/aromatic N) is 2. The van der Waals surface area contributed by atoms with E-state index in [4.69, 9.17) is 5.11 Å².